The third kappa shape index (κ3) is 7.18. The minimum atomic E-state index is -1.40. The number of halogens is 2. The Labute approximate surface area is 271 Å². The maximum absolute atomic E-state index is 14.1. The third-order valence-electron chi connectivity index (χ3n) is 7.22. The maximum Gasteiger partial charge on any atom is 0.333 e. The highest BCUT2D eigenvalue weighted by Gasteiger charge is 2.39. The van der Waals surface area contributed by atoms with E-state index in [9.17, 15) is 18.8 Å². The number of nitrogens with zero attached hydrogens (tertiary/aromatic N) is 5. The van der Waals surface area contributed by atoms with Gasteiger partial charge in [0.2, 0.25) is 5.91 Å². The monoisotopic (exact) mass is 745 g/mol. The van der Waals surface area contributed by atoms with Gasteiger partial charge >= 0.3 is 5.69 Å². The lowest BCUT2D eigenvalue weighted by atomic mass is 10.0. The van der Waals surface area contributed by atoms with E-state index >= 15 is 0 Å². The predicted molar refractivity (Wildman–Crippen MR) is 180 cm³/mol. The molecule has 4 heterocycles. The highest BCUT2D eigenvalue weighted by molar-refractivity contribution is 14.2. The molecule has 1 fully saturated rings. The number of hydrogen-bond donors (Lipinski definition) is 2. The summed E-state index contributed by atoms with van der Waals surface area (Å²) >= 11 is 3.13. The first-order chi connectivity index (χ1) is 20.6. The number of fused-ring (bicyclic) bond motifs is 1. The molecule has 1 aromatic carbocycles. The molecule has 0 saturated carbocycles. The van der Waals surface area contributed by atoms with Gasteiger partial charge in [0.15, 0.2) is 0 Å². The van der Waals surface area contributed by atoms with Crippen LogP contribution in [0.15, 0.2) is 46.2 Å². The third-order valence-corrected chi connectivity index (χ3v) is 8.53. The summed E-state index contributed by atoms with van der Waals surface area (Å²) in [5, 5.41) is 13.0. The molecule has 14 heteroatoms. The van der Waals surface area contributed by atoms with Crippen molar-refractivity contribution in [2.24, 2.45) is 0 Å². The molecule has 1 aliphatic rings. The van der Waals surface area contributed by atoms with E-state index in [0.29, 0.717) is 45.2 Å². The summed E-state index contributed by atoms with van der Waals surface area (Å²) in [6.07, 6.45) is 5.49. The largest absolute Gasteiger partial charge is 0.496 e. The number of thiol groups is 1. The zero-order valence-corrected chi connectivity index (χ0v) is 28.7. The quantitative estimate of drug-likeness (QED) is 0.209. The number of amides is 1. The summed E-state index contributed by atoms with van der Waals surface area (Å²) in [6, 6.07) is 6.03. The summed E-state index contributed by atoms with van der Waals surface area (Å²) in [6.45, 7) is 8.36. The van der Waals surface area contributed by atoms with Crippen LogP contribution in [0, 0.1) is 12.7 Å². The molecule has 0 spiro atoms. The Balaban J connectivity index is 0.000000953. The molecule has 234 valence electrons. The molecule has 3 aromatic heterocycles. The van der Waals surface area contributed by atoms with Crippen molar-refractivity contribution >= 4 is 58.5 Å². The van der Waals surface area contributed by atoms with Crippen LogP contribution < -0.4 is 16.0 Å². The minimum Gasteiger partial charge on any atom is -0.496 e. The van der Waals surface area contributed by atoms with Crippen molar-refractivity contribution in [2.45, 2.75) is 59.0 Å². The van der Waals surface area contributed by atoms with Crippen molar-refractivity contribution in [2.75, 3.05) is 26.8 Å². The standard InChI is InChI=1S/C27H30FN5O4S.C2H6O.HIS/c1-17-21-22(34)33(27(2,3)25(35)30-12-5-6-13-30)26(36)31(24(21)38-23(17)32-14-7-11-29-32)15-10-18-16-19(28)8-9-20(18)37-4;1-2-3;1-2/h7-9,11,14,16H,5-6,10,12-13,15H2,1-4H3;3H,2H2,1H3;2H. The van der Waals surface area contributed by atoms with Gasteiger partial charge in [0.05, 0.1) is 12.5 Å². The Morgan fingerprint density at radius 2 is 1.88 bits per heavy atom. The first-order valence-electron chi connectivity index (χ1n) is 13.8. The highest BCUT2D eigenvalue weighted by Crippen LogP contribution is 2.32. The Morgan fingerprint density at radius 1 is 1.23 bits per heavy atom. The molecular formula is C29H37FIN5O5S2. The zero-order chi connectivity index (χ0) is 31.9. The van der Waals surface area contributed by atoms with Gasteiger partial charge in [-0.2, -0.15) is 5.10 Å². The second-order valence-corrected chi connectivity index (χ2v) is 11.3. The SMILES string of the molecule is CCO.COc1ccc(F)cc1CCn1c(=O)n(C(C)(C)C(=O)N2CCCC2)c(=O)c2c(C)c(-n3cccn3)sc21.SI. The number of carbonyl (C=O) groups is 1. The van der Waals surface area contributed by atoms with Gasteiger partial charge in [0, 0.05) is 44.2 Å². The van der Waals surface area contributed by atoms with E-state index in [4.69, 9.17) is 9.84 Å². The molecule has 10 nitrogen and oxygen atoms in total. The molecule has 0 radical (unpaired) electrons. The van der Waals surface area contributed by atoms with E-state index in [-0.39, 0.29) is 25.5 Å². The zero-order valence-electron chi connectivity index (χ0n) is 24.8. The van der Waals surface area contributed by atoms with E-state index in [1.165, 1.54) is 35.1 Å². The molecule has 4 aromatic rings. The van der Waals surface area contributed by atoms with E-state index in [1.807, 2.05) is 28.1 Å². The second-order valence-electron chi connectivity index (χ2n) is 10.3. The normalized spacial score (nSPS) is 12.9. The smallest absolute Gasteiger partial charge is 0.333 e. The average molecular weight is 746 g/mol. The Hall–Kier alpha value is -2.69. The number of aryl methyl sites for hydroxylation is 3. The molecule has 0 unspecified atom stereocenters. The summed E-state index contributed by atoms with van der Waals surface area (Å²) in [7, 11) is 5.00. The van der Waals surface area contributed by atoms with Crippen LogP contribution in [-0.4, -0.2) is 61.6 Å². The first-order valence-corrected chi connectivity index (χ1v) is 17.8. The molecule has 1 N–H and O–H groups in total. The van der Waals surface area contributed by atoms with Crippen molar-refractivity contribution in [3.63, 3.8) is 0 Å². The Kier molecular flexibility index (Phi) is 12.4. The van der Waals surface area contributed by atoms with Gasteiger partial charge in [-0.15, -0.1) is 9.80 Å². The number of hydrogen-bond acceptors (Lipinski definition) is 8. The number of aromatic nitrogens is 4. The fourth-order valence-electron chi connectivity index (χ4n) is 5.21. The van der Waals surface area contributed by atoms with Crippen LogP contribution in [0.4, 0.5) is 4.39 Å². The van der Waals surface area contributed by atoms with Crippen LogP contribution >= 0.6 is 42.3 Å². The highest BCUT2D eigenvalue weighted by atomic mass is 127. The van der Waals surface area contributed by atoms with Crippen LogP contribution in [0.25, 0.3) is 15.2 Å². The predicted octanol–water partition coefficient (Wildman–Crippen LogP) is 4.73. The summed E-state index contributed by atoms with van der Waals surface area (Å²) < 4.78 is 23.7. The number of carbonyl (C=O) groups excluding carboxylic acids is 1. The maximum atomic E-state index is 14.1. The number of benzene rings is 1. The molecule has 43 heavy (non-hydrogen) atoms. The number of aliphatic hydroxyl groups excluding tert-OH is 1. The number of likely N-dealkylation sites (tertiary alicyclic amines) is 1. The van der Waals surface area contributed by atoms with Gasteiger partial charge in [0.1, 0.15) is 26.9 Å². The van der Waals surface area contributed by atoms with Gasteiger partial charge in [-0.3, -0.25) is 14.2 Å². The topological polar surface area (TPSA) is 112 Å². The van der Waals surface area contributed by atoms with Crippen LogP contribution in [-0.2, 0) is 23.3 Å². The van der Waals surface area contributed by atoms with Crippen molar-refractivity contribution in [3.8, 4) is 10.8 Å². The number of ether oxygens (including phenoxy) is 1. The van der Waals surface area contributed by atoms with E-state index < -0.39 is 22.6 Å². The van der Waals surface area contributed by atoms with Crippen LogP contribution in [0.5, 0.6) is 5.75 Å². The van der Waals surface area contributed by atoms with Crippen LogP contribution in [0.1, 0.15) is 44.7 Å². The lowest BCUT2D eigenvalue weighted by Crippen LogP contribution is -2.56. The molecule has 1 aliphatic heterocycles. The summed E-state index contributed by atoms with van der Waals surface area (Å²) in [5.41, 5.74) is -1.21. The van der Waals surface area contributed by atoms with Crippen LogP contribution in [0.3, 0.4) is 0 Å². The molecule has 5 rings (SSSR count). The number of methoxy groups -OCH3 is 1. The Morgan fingerprint density at radius 3 is 2.47 bits per heavy atom. The van der Waals surface area contributed by atoms with Gasteiger partial charge in [0.25, 0.3) is 5.56 Å². The molecular weight excluding hydrogens is 708 g/mol. The number of rotatable bonds is 7. The number of aliphatic hydroxyl groups is 1. The lowest BCUT2D eigenvalue weighted by Gasteiger charge is -2.31. The summed E-state index contributed by atoms with van der Waals surface area (Å²) in [5.74, 6) is -0.159. The fourth-order valence-corrected chi connectivity index (χ4v) is 6.47. The van der Waals surface area contributed by atoms with Gasteiger partial charge in [-0.05, 0) is 98.0 Å². The minimum absolute atomic E-state index is 0.155. The Bertz CT molecular complexity index is 1660. The van der Waals surface area contributed by atoms with Crippen molar-refractivity contribution in [1.82, 2.24) is 23.8 Å². The van der Waals surface area contributed by atoms with Gasteiger partial charge in [-0.1, -0.05) is 11.3 Å². The van der Waals surface area contributed by atoms with Crippen molar-refractivity contribution in [3.05, 3.63) is 74.4 Å². The molecule has 0 bridgehead atoms. The fraction of sp³-hybridized carbons (Fsp3) is 0.448. The number of thiophene rings is 1. The van der Waals surface area contributed by atoms with E-state index in [2.05, 4.69) is 14.9 Å². The van der Waals surface area contributed by atoms with Gasteiger partial charge in [-0.25, -0.2) is 18.4 Å². The van der Waals surface area contributed by atoms with Crippen molar-refractivity contribution in [1.29, 1.82) is 0 Å². The summed E-state index contributed by atoms with van der Waals surface area (Å²) in [4.78, 5) is 43.8. The van der Waals surface area contributed by atoms with Crippen molar-refractivity contribution < 1.29 is 19.0 Å². The van der Waals surface area contributed by atoms with Gasteiger partial charge < -0.3 is 14.7 Å². The first kappa shape index (κ1) is 34.8. The molecule has 1 amide bonds. The lowest BCUT2D eigenvalue weighted by molar-refractivity contribution is -0.138. The molecule has 1 saturated heterocycles. The average Bonchev–Trinajstić information content (AvgIpc) is 3.76. The van der Waals surface area contributed by atoms with E-state index in [0.717, 1.165) is 17.4 Å². The molecule has 0 aliphatic carbocycles. The van der Waals surface area contributed by atoms with Crippen LogP contribution in [0.2, 0.25) is 0 Å². The second kappa shape index (κ2) is 15.3. The van der Waals surface area contributed by atoms with E-state index in [1.54, 1.807) is 54.9 Å². The molecule has 0 atom stereocenters.